The number of carboxylic acids is 1. The van der Waals surface area contributed by atoms with Crippen molar-refractivity contribution >= 4 is 40.8 Å². The van der Waals surface area contributed by atoms with Gasteiger partial charge in [0, 0.05) is 12.1 Å². The van der Waals surface area contributed by atoms with E-state index in [2.05, 4.69) is 5.32 Å². The summed E-state index contributed by atoms with van der Waals surface area (Å²) in [6.45, 7) is 3.22. The number of carbonyl (C=O) groups is 2. The number of aliphatic carboxylic acids is 1. The first-order valence-electron chi connectivity index (χ1n) is 5.82. The van der Waals surface area contributed by atoms with Gasteiger partial charge in [0.05, 0.1) is 20.5 Å². The molecule has 0 aliphatic carbocycles. The summed E-state index contributed by atoms with van der Waals surface area (Å²) < 4.78 is 0. The molecule has 0 aliphatic rings. The zero-order valence-electron chi connectivity index (χ0n) is 11.1. The van der Waals surface area contributed by atoms with Crippen LogP contribution in [-0.2, 0) is 4.79 Å². The zero-order valence-corrected chi connectivity index (χ0v) is 12.6. The predicted octanol–water partition coefficient (Wildman–Crippen LogP) is 2.74. The molecule has 1 rings (SSSR count). The van der Waals surface area contributed by atoms with Crippen molar-refractivity contribution in [1.82, 2.24) is 5.32 Å². The Bertz CT molecular complexity index is 604. The summed E-state index contributed by atoms with van der Waals surface area (Å²) in [5.41, 5.74) is -0.659. The van der Waals surface area contributed by atoms with E-state index in [4.69, 9.17) is 28.3 Å². The Morgan fingerprint density at radius 1 is 1.33 bits per heavy atom. The van der Waals surface area contributed by atoms with Crippen LogP contribution >= 0.6 is 23.2 Å². The van der Waals surface area contributed by atoms with Gasteiger partial charge in [-0.25, -0.2) is 4.79 Å². The minimum Gasteiger partial charge on any atom is -0.480 e. The number of carbonyl (C=O) groups excluding carboxylic acids is 1. The first-order chi connectivity index (χ1) is 9.65. The number of carboxylic acid groups (broad SMARTS) is 1. The van der Waals surface area contributed by atoms with Crippen molar-refractivity contribution in [2.45, 2.75) is 19.9 Å². The molecule has 21 heavy (non-hydrogen) atoms. The molecular formula is C12H12Cl2N2O5. The molecular weight excluding hydrogens is 323 g/mol. The molecule has 0 aliphatic heterocycles. The summed E-state index contributed by atoms with van der Waals surface area (Å²) in [7, 11) is 0. The van der Waals surface area contributed by atoms with E-state index in [1.165, 1.54) is 0 Å². The second-order valence-corrected chi connectivity index (χ2v) is 5.36. The number of rotatable bonds is 5. The highest BCUT2D eigenvalue weighted by Crippen LogP contribution is 2.31. The fraction of sp³-hybridized carbons (Fsp3) is 0.333. The summed E-state index contributed by atoms with van der Waals surface area (Å²) in [5, 5.41) is 21.7. The maximum atomic E-state index is 12.1. The molecule has 0 saturated heterocycles. The number of halogens is 2. The number of benzene rings is 1. The summed E-state index contributed by atoms with van der Waals surface area (Å²) in [4.78, 5) is 33.2. The van der Waals surface area contributed by atoms with Crippen LogP contribution in [0.3, 0.4) is 0 Å². The van der Waals surface area contributed by atoms with E-state index >= 15 is 0 Å². The Kier molecular flexibility index (Phi) is 5.51. The molecule has 0 saturated carbocycles. The lowest BCUT2D eigenvalue weighted by Crippen LogP contribution is -2.44. The molecule has 1 aromatic rings. The molecule has 0 spiro atoms. The van der Waals surface area contributed by atoms with Crippen LogP contribution in [-0.4, -0.2) is 27.9 Å². The highest BCUT2D eigenvalue weighted by atomic mass is 35.5. The molecule has 0 bridgehead atoms. The normalized spacial score (nSPS) is 12.0. The first kappa shape index (κ1) is 17.2. The molecule has 9 heteroatoms. The summed E-state index contributed by atoms with van der Waals surface area (Å²) >= 11 is 11.6. The third kappa shape index (κ3) is 4.05. The number of nitro benzene ring substituents is 1. The van der Waals surface area contributed by atoms with Gasteiger partial charge in [-0.3, -0.25) is 14.9 Å². The zero-order chi connectivity index (χ0) is 16.3. The van der Waals surface area contributed by atoms with Gasteiger partial charge in [-0.2, -0.15) is 0 Å². The molecule has 0 fully saturated rings. The Balaban J connectivity index is 3.18. The second kappa shape index (κ2) is 6.73. The molecule has 1 atom stereocenters. The van der Waals surface area contributed by atoms with Crippen LogP contribution in [0.2, 0.25) is 10.0 Å². The average Bonchev–Trinajstić information content (AvgIpc) is 2.37. The molecule has 2 N–H and O–H groups in total. The number of hydrogen-bond acceptors (Lipinski definition) is 4. The summed E-state index contributed by atoms with van der Waals surface area (Å²) in [6, 6.07) is 0.812. The number of nitrogens with one attached hydrogen (secondary N) is 1. The molecule has 1 aromatic carbocycles. The molecule has 0 aromatic heterocycles. The molecule has 0 unspecified atom stereocenters. The van der Waals surface area contributed by atoms with Gasteiger partial charge in [-0.05, 0) is 5.92 Å². The highest BCUT2D eigenvalue weighted by Gasteiger charge is 2.26. The van der Waals surface area contributed by atoms with E-state index in [-0.39, 0.29) is 21.5 Å². The Morgan fingerprint density at radius 3 is 2.33 bits per heavy atom. The van der Waals surface area contributed by atoms with Gasteiger partial charge in [-0.1, -0.05) is 37.0 Å². The van der Waals surface area contributed by atoms with Crippen LogP contribution in [0.5, 0.6) is 0 Å². The number of hydrogen-bond donors (Lipinski definition) is 2. The number of amides is 1. The minimum atomic E-state index is -1.22. The maximum Gasteiger partial charge on any atom is 0.326 e. The first-order valence-corrected chi connectivity index (χ1v) is 6.57. The second-order valence-electron chi connectivity index (χ2n) is 4.58. The van der Waals surface area contributed by atoms with E-state index in [0.717, 1.165) is 12.1 Å². The van der Waals surface area contributed by atoms with E-state index in [1.54, 1.807) is 13.8 Å². The largest absolute Gasteiger partial charge is 0.480 e. The van der Waals surface area contributed by atoms with Crippen molar-refractivity contribution in [2.75, 3.05) is 0 Å². The molecule has 0 heterocycles. The fourth-order valence-electron chi connectivity index (χ4n) is 1.58. The van der Waals surface area contributed by atoms with Gasteiger partial charge in [0.2, 0.25) is 0 Å². The molecule has 114 valence electrons. The van der Waals surface area contributed by atoms with E-state index in [0.29, 0.717) is 0 Å². The lowest BCUT2D eigenvalue weighted by atomic mass is 10.0. The van der Waals surface area contributed by atoms with E-state index in [9.17, 15) is 19.7 Å². The van der Waals surface area contributed by atoms with Crippen molar-refractivity contribution in [1.29, 1.82) is 0 Å². The van der Waals surface area contributed by atoms with Crippen LogP contribution in [0.25, 0.3) is 0 Å². The van der Waals surface area contributed by atoms with Gasteiger partial charge in [0.25, 0.3) is 11.6 Å². The van der Waals surface area contributed by atoms with Crippen molar-refractivity contribution in [2.24, 2.45) is 5.92 Å². The van der Waals surface area contributed by atoms with Gasteiger partial charge in [0.1, 0.15) is 6.04 Å². The van der Waals surface area contributed by atoms with Crippen LogP contribution in [0.1, 0.15) is 24.2 Å². The number of nitro groups is 1. The molecule has 7 nitrogen and oxygen atoms in total. The monoisotopic (exact) mass is 334 g/mol. The SMILES string of the molecule is CC(C)[C@@H](NC(=O)c1cc([N+](=O)[O-])cc(Cl)c1Cl)C(=O)O. The Hall–Kier alpha value is -1.86. The third-order valence-corrected chi connectivity index (χ3v) is 3.49. The van der Waals surface area contributed by atoms with E-state index < -0.39 is 28.5 Å². The number of nitrogens with zero attached hydrogens (tertiary/aromatic N) is 1. The molecule has 1 amide bonds. The topological polar surface area (TPSA) is 110 Å². The third-order valence-electron chi connectivity index (χ3n) is 2.69. The average molecular weight is 335 g/mol. The maximum absolute atomic E-state index is 12.1. The van der Waals surface area contributed by atoms with Crippen LogP contribution in [0, 0.1) is 16.0 Å². The lowest BCUT2D eigenvalue weighted by molar-refractivity contribution is -0.384. The van der Waals surface area contributed by atoms with Crippen molar-refractivity contribution in [3.63, 3.8) is 0 Å². The number of non-ortho nitro benzene ring substituents is 1. The predicted molar refractivity (Wildman–Crippen MR) is 76.8 cm³/mol. The molecule has 0 radical (unpaired) electrons. The highest BCUT2D eigenvalue weighted by molar-refractivity contribution is 6.44. The standard InChI is InChI=1S/C12H12Cl2N2O5/c1-5(2)10(12(18)19)15-11(17)7-3-6(16(20)21)4-8(13)9(7)14/h3-5,10H,1-2H3,(H,15,17)(H,18,19)/t10-/m1/s1. The summed E-state index contributed by atoms with van der Waals surface area (Å²) in [5.74, 6) is -2.43. The van der Waals surface area contributed by atoms with E-state index in [1.807, 2.05) is 0 Å². The van der Waals surface area contributed by atoms with Gasteiger partial charge < -0.3 is 10.4 Å². The van der Waals surface area contributed by atoms with Gasteiger partial charge in [-0.15, -0.1) is 0 Å². The fourth-order valence-corrected chi connectivity index (χ4v) is 1.99. The lowest BCUT2D eigenvalue weighted by Gasteiger charge is -2.18. The minimum absolute atomic E-state index is 0.160. The van der Waals surface area contributed by atoms with Crippen molar-refractivity contribution in [3.05, 3.63) is 37.9 Å². The van der Waals surface area contributed by atoms with Crippen molar-refractivity contribution in [3.8, 4) is 0 Å². The smallest absolute Gasteiger partial charge is 0.326 e. The van der Waals surface area contributed by atoms with Crippen molar-refractivity contribution < 1.29 is 19.6 Å². The summed E-state index contributed by atoms with van der Waals surface area (Å²) in [6.07, 6.45) is 0. The quantitative estimate of drug-likeness (QED) is 0.635. The Labute approximate surface area is 130 Å². The van der Waals surface area contributed by atoms with Crippen LogP contribution in [0.15, 0.2) is 12.1 Å². The Morgan fingerprint density at radius 2 is 1.90 bits per heavy atom. The van der Waals surface area contributed by atoms with Crippen LogP contribution in [0.4, 0.5) is 5.69 Å². The van der Waals surface area contributed by atoms with Gasteiger partial charge in [0.15, 0.2) is 0 Å². The van der Waals surface area contributed by atoms with Crippen LogP contribution < -0.4 is 5.32 Å². The van der Waals surface area contributed by atoms with Gasteiger partial charge >= 0.3 is 5.97 Å².